The molecule has 2 heteroatoms. The van der Waals surface area contributed by atoms with Crippen LogP contribution in [0.4, 0.5) is 0 Å². The molecule has 0 aliphatic carbocycles. The SMILES string of the molecule is CCC1(C)CC(C)(C)C(NC)CCCN1. The molecule has 0 saturated carbocycles. The van der Waals surface area contributed by atoms with Crippen LogP contribution in [0.2, 0.25) is 0 Å². The van der Waals surface area contributed by atoms with Crippen LogP contribution in [0.25, 0.3) is 0 Å². The van der Waals surface area contributed by atoms with Gasteiger partial charge in [-0.15, -0.1) is 0 Å². The van der Waals surface area contributed by atoms with E-state index in [1.54, 1.807) is 0 Å². The number of rotatable bonds is 2. The highest BCUT2D eigenvalue weighted by Gasteiger charge is 2.37. The zero-order valence-corrected chi connectivity index (χ0v) is 11.1. The van der Waals surface area contributed by atoms with Crippen molar-refractivity contribution in [2.24, 2.45) is 5.41 Å². The summed E-state index contributed by atoms with van der Waals surface area (Å²) in [5.74, 6) is 0. The van der Waals surface area contributed by atoms with Crippen LogP contribution in [-0.4, -0.2) is 25.2 Å². The third-order valence-electron chi connectivity index (χ3n) is 4.14. The van der Waals surface area contributed by atoms with E-state index in [4.69, 9.17) is 0 Å². The van der Waals surface area contributed by atoms with Crippen LogP contribution in [0.3, 0.4) is 0 Å². The van der Waals surface area contributed by atoms with E-state index in [0.29, 0.717) is 17.0 Å². The van der Waals surface area contributed by atoms with Gasteiger partial charge in [0.05, 0.1) is 0 Å². The second kappa shape index (κ2) is 4.84. The Morgan fingerprint density at radius 2 is 2.00 bits per heavy atom. The first-order valence-corrected chi connectivity index (χ1v) is 6.36. The molecule has 0 spiro atoms. The van der Waals surface area contributed by atoms with Gasteiger partial charge in [-0.2, -0.15) is 0 Å². The van der Waals surface area contributed by atoms with Crippen LogP contribution in [0.1, 0.15) is 53.4 Å². The topological polar surface area (TPSA) is 24.1 Å². The zero-order chi connectivity index (χ0) is 11.5. The molecule has 1 aliphatic heterocycles. The lowest BCUT2D eigenvalue weighted by molar-refractivity contribution is 0.130. The Morgan fingerprint density at radius 1 is 1.33 bits per heavy atom. The summed E-state index contributed by atoms with van der Waals surface area (Å²) in [4.78, 5) is 0. The number of nitrogens with one attached hydrogen (secondary N) is 2. The maximum atomic E-state index is 3.72. The molecule has 15 heavy (non-hydrogen) atoms. The van der Waals surface area contributed by atoms with Crippen LogP contribution in [-0.2, 0) is 0 Å². The van der Waals surface area contributed by atoms with E-state index in [0.717, 1.165) is 0 Å². The van der Waals surface area contributed by atoms with Crippen molar-refractivity contribution < 1.29 is 0 Å². The van der Waals surface area contributed by atoms with Crippen LogP contribution < -0.4 is 10.6 Å². The summed E-state index contributed by atoms with van der Waals surface area (Å²) in [7, 11) is 2.10. The normalized spacial score (nSPS) is 37.0. The molecule has 1 aliphatic rings. The predicted octanol–water partition coefficient (Wildman–Crippen LogP) is 2.54. The van der Waals surface area contributed by atoms with Gasteiger partial charge in [0, 0.05) is 11.6 Å². The summed E-state index contributed by atoms with van der Waals surface area (Å²) < 4.78 is 0. The van der Waals surface area contributed by atoms with Crippen molar-refractivity contribution in [3.05, 3.63) is 0 Å². The lowest BCUT2D eigenvalue weighted by Gasteiger charge is -2.44. The van der Waals surface area contributed by atoms with E-state index in [1.807, 2.05) is 0 Å². The zero-order valence-electron chi connectivity index (χ0n) is 11.1. The molecule has 0 aromatic heterocycles. The van der Waals surface area contributed by atoms with Crippen LogP contribution in [0, 0.1) is 5.41 Å². The van der Waals surface area contributed by atoms with Crippen molar-refractivity contribution in [2.45, 2.75) is 65.0 Å². The Bertz CT molecular complexity index is 201. The van der Waals surface area contributed by atoms with Gasteiger partial charge in [-0.1, -0.05) is 20.8 Å². The average molecular weight is 212 g/mol. The first-order valence-electron chi connectivity index (χ1n) is 6.36. The van der Waals surface area contributed by atoms with Crippen LogP contribution >= 0.6 is 0 Å². The summed E-state index contributed by atoms with van der Waals surface area (Å²) in [5.41, 5.74) is 0.700. The van der Waals surface area contributed by atoms with E-state index >= 15 is 0 Å². The molecule has 1 heterocycles. The molecule has 2 N–H and O–H groups in total. The summed E-state index contributed by atoms with van der Waals surface area (Å²) in [6.07, 6.45) is 5.04. The minimum absolute atomic E-state index is 0.318. The van der Waals surface area contributed by atoms with Crippen molar-refractivity contribution in [2.75, 3.05) is 13.6 Å². The largest absolute Gasteiger partial charge is 0.316 e. The molecule has 0 aromatic carbocycles. The second-order valence-corrected chi connectivity index (χ2v) is 5.99. The Morgan fingerprint density at radius 3 is 2.53 bits per heavy atom. The van der Waals surface area contributed by atoms with Crippen LogP contribution in [0.15, 0.2) is 0 Å². The van der Waals surface area contributed by atoms with Gasteiger partial charge in [-0.05, 0) is 51.6 Å². The molecule has 0 amide bonds. The van der Waals surface area contributed by atoms with Gasteiger partial charge < -0.3 is 10.6 Å². The van der Waals surface area contributed by atoms with E-state index in [-0.39, 0.29) is 0 Å². The van der Waals surface area contributed by atoms with Gasteiger partial charge >= 0.3 is 0 Å². The molecule has 0 radical (unpaired) electrons. The Hall–Kier alpha value is -0.0800. The van der Waals surface area contributed by atoms with Gasteiger partial charge in [0.25, 0.3) is 0 Å². The fourth-order valence-corrected chi connectivity index (χ4v) is 3.06. The molecule has 0 aromatic rings. The average Bonchev–Trinajstić information content (AvgIpc) is 2.14. The Labute approximate surface area is 95.2 Å². The molecule has 90 valence electrons. The minimum Gasteiger partial charge on any atom is -0.316 e. The highest BCUT2D eigenvalue weighted by molar-refractivity contribution is 4.95. The molecule has 1 rings (SSSR count). The molecule has 2 unspecified atom stereocenters. The first kappa shape index (κ1) is 13.0. The number of hydrogen-bond donors (Lipinski definition) is 2. The smallest absolute Gasteiger partial charge is 0.0156 e. The lowest BCUT2D eigenvalue weighted by Crippen LogP contribution is -2.52. The highest BCUT2D eigenvalue weighted by atomic mass is 15.0. The molecule has 2 atom stereocenters. The Kier molecular flexibility index (Phi) is 4.19. The van der Waals surface area contributed by atoms with Gasteiger partial charge in [-0.3, -0.25) is 0 Å². The fourth-order valence-electron chi connectivity index (χ4n) is 3.06. The maximum Gasteiger partial charge on any atom is 0.0156 e. The highest BCUT2D eigenvalue weighted by Crippen LogP contribution is 2.36. The summed E-state index contributed by atoms with van der Waals surface area (Å²) in [6.45, 7) is 10.6. The van der Waals surface area contributed by atoms with Gasteiger partial charge in [0.15, 0.2) is 0 Å². The Balaban J connectivity index is 2.78. The molecular weight excluding hydrogens is 184 g/mol. The molecular formula is C13H28N2. The van der Waals surface area contributed by atoms with E-state index in [2.05, 4.69) is 45.4 Å². The van der Waals surface area contributed by atoms with Crippen molar-refractivity contribution in [1.29, 1.82) is 0 Å². The monoisotopic (exact) mass is 212 g/mol. The van der Waals surface area contributed by atoms with Gasteiger partial charge in [0.1, 0.15) is 0 Å². The molecule has 1 saturated heterocycles. The van der Waals surface area contributed by atoms with E-state index in [1.165, 1.54) is 32.2 Å². The third-order valence-corrected chi connectivity index (χ3v) is 4.14. The van der Waals surface area contributed by atoms with Crippen molar-refractivity contribution in [3.8, 4) is 0 Å². The molecule has 1 fully saturated rings. The third kappa shape index (κ3) is 3.18. The summed E-state index contributed by atoms with van der Waals surface area (Å²) in [5, 5.41) is 7.22. The number of hydrogen-bond acceptors (Lipinski definition) is 2. The molecule has 2 nitrogen and oxygen atoms in total. The first-order chi connectivity index (χ1) is 6.93. The van der Waals surface area contributed by atoms with Crippen LogP contribution in [0.5, 0.6) is 0 Å². The quantitative estimate of drug-likeness (QED) is 0.735. The summed E-state index contributed by atoms with van der Waals surface area (Å²) in [6, 6.07) is 0.658. The van der Waals surface area contributed by atoms with Gasteiger partial charge in [0.2, 0.25) is 0 Å². The van der Waals surface area contributed by atoms with E-state index < -0.39 is 0 Å². The van der Waals surface area contributed by atoms with Gasteiger partial charge in [-0.25, -0.2) is 0 Å². The maximum absolute atomic E-state index is 3.72. The van der Waals surface area contributed by atoms with Crippen molar-refractivity contribution >= 4 is 0 Å². The molecule has 0 bridgehead atoms. The standard InChI is InChI=1S/C13H28N2/c1-6-13(4)10-12(2,3)11(14-5)8-7-9-15-13/h11,14-15H,6-10H2,1-5H3. The van der Waals surface area contributed by atoms with E-state index in [9.17, 15) is 0 Å². The fraction of sp³-hybridized carbons (Fsp3) is 1.00. The predicted molar refractivity (Wildman–Crippen MR) is 67.2 cm³/mol. The minimum atomic E-state index is 0.318. The van der Waals surface area contributed by atoms with Crippen molar-refractivity contribution in [3.63, 3.8) is 0 Å². The van der Waals surface area contributed by atoms with Crippen molar-refractivity contribution in [1.82, 2.24) is 10.6 Å². The lowest BCUT2D eigenvalue weighted by atomic mass is 9.71. The second-order valence-electron chi connectivity index (χ2n) is 5.99. The summed E-state index contributed by atoms with van der Waals surface area (Å²) >= 11 is 0.